The van der Waals surface area contributed by atoms with Gasteiger partial charge in [-0.05, 0) is 29.8 Å². The first-order chi connectivity index (χ1) is 9.69. The molecule has 0 atom stereocenters. The summed E-state index contributed by atoms with van der Waals surface area (Å²) >= 11 is 5.91. The Labute approximate surface area is 119 Å². The van der Waals surface area contributed by atoms with E-state index in [1.165, 1.54) is 6.07 Å². The zero-order valence-corrected chi connectivity index (χ0v) is 11.2. The number of rotatable bonds is 3. The van der Waals surface area contributed by atoms with Crippen LogP contribution in [0.4, 0.5) is 8.78 Å². The first-order valence-corrected chi connectivity index (χ1v) is 6.66. The monoisotopic (exact) mass is 292 g/mol. The van der Waals surface area contributed by atoms with Gasteiger partial charge < -0.3 is 4.57 Å². The minimum Gasteiger partial charge on any atom is -0.322 e. The molecule has 0 aliphatic carbocycles. The van der Waals surface area contributed by atoms with Gasteiger partial charge in [-0.2, -0.15) is 0 Å². The van der Waals surface area contributed by atoms with Crippen LogP contribution in [0.1, 0.15) is 11.4 Å². The van der Waals surface area contributed by atoms with E-state index in [4.69, 9.17) is 11.6 Å². The van der Waals surface area contributed by atoms with Crippen LogP contribution in [0.2, 0.25) is 0 Å². The van der Waals surface area contributed by atoms with E-state index in [2.05, 4.69) is 4.98 Å². The number of halogens is 3. The maximum Gasteiger partial charge on any atom is 0.159 e. The molecule has 3 rings (SSSR count). The van der Waals surface area contributed by atoms with Gasteiger partial charge in [0.05, 0.1) is 16.9 Å². The van der Waals surface area contributed by atoms with Crippen molar-refractivity contribution in [3.8, 4) is 0 Å². The van der Waals surface area contributed by atoms with E-state index < -0.39 is 11.6 Å². The molecule has 102 valence electrons. The van der Waals surface area contributed by atoms with Gasteiger partial charge in [0, 0.05) is 6.54 Å². The minimum atomic E-state index is -0.848. The van der Waals surface area contributed by atoms with Crippen LogP contribution in [0.3, 0.4) is 0 Å². The Kier molecular flexibility index (Phi) is 3.40. The summed E-state index contributed by atoms with van der Waals surface area (Å²) in [5.74, 6) is -0.725. The van der Waals surface area contributed by atoms with Crippen molar-refractivity contribution in [1.29, 1.82) is 0 Å². The largest absolute Gasteiger partial charge is 0.322 e. The third kappa shape index (κ3) is 2.27. The van der Waals surface area contributed by atoms with Gasteiger partial charge >= 0.3 is 0 Å². The Morgan fingerprint density at radius 1 is 1.05 bits per heavy atom. The highest BCUT2D eigenvalue weighted by molar-refractivity contribution is 6.16. The number of aromatic nitrogens is 2. The lowest BCUT2D eigenvalue weighted by Crippen LogP contribution is -2.04. The van der Waals surface area contributed by atoms with Crippen molar-refractivity contribution in [1.82, 2.24) is 9.55 Å². The molecule has 0 saturated heterocycles. The maximum absolute atomic E-state index is 13.3. The van der Waals surface area contributed by atoms with Gasteiger partial charge in [-0.3, -0.25) is 0 Å². The van der Waals surface area contributed by atoms with Crippen molar-refractivity contribution in [2.75, 3.05) is 0 Å². The molecule has 0 unspecified atom stereocenters. The number of fused-ring (bicyclic) bond motifs is 1. The minimum absolute atomic E-state index is 0.262. The summed E-state index contributed by atoms with van der Waals surface area (Å²) < 4.78 is 28.2. The summed E-state index contributed by atoms with van der Waals surface area (Å²) in [6.07, 6.45) is 0. The van der Waals surface area contributed by atoms with E-state index in [1.807, 2.05) is 28.8 Å². The highest BCUT2D eigenvalue weighted by Crippen LogP contribution is 2.20. The maximum atomic E-state index is 13.3. The molecule has 0 saturated carbocycles. The van der Waals surface area contributed by atoms with E-state index in [0.29, 0.717) is 17.9 Å². The first kappa shape index (κ1) is 13.1. The summed E-state index contributed by atoms with van der Waals surface area (Å²) in [6, 6.07) is 11.5. The third-order valence-electron chi connectivity index (χ3n) is 3.18. The molecule has 0 spiro atoms. The van der Waals surface area contributed by atoms with Crippen LogP contribution in [0.15, 0.2) is 42.5 Å². The molecule has 0 fully saturated rings. The number of hydrogen-bond donors (Lipinski definition) is 0. The lowest BCUT2D eigenvalue weighted by Gasteiger charge is -2.08. The second kappa shape index (κ2) is 5.21. The van der Waals surface area contributed by atoms with Crippen molar-refractivity contribution < 1.29 is 8.78 Å². The number of hydrogen-bond acceptors (Lipinski definition) is 1. The molecule has 0 aliphatic heterocycles. The van der Waals surface area contributed by atoms with Gasteiger partial charge in [-0.25, -0.2) is 13.8 Å². The molecule has 3 aromatic rings. The van der Waals surface area contributed by atoms with Gasteiger partial charge in [0.25, 0.3) is 0 Å². The number of para-hydroxylation sites is 2. The molecule has 2 nitrogen and oxygen atoms in total. The van der Waals surface area contributed by atoms with Crippen molar-refractivity contribution in [2.24, 2.45) is 0 Å². The highest BCUT2D eigenvalue weighted by atomic mass is 35.5. The molecule has 1 aromatic heterocycles. The van der Waals surface area contributed by atoms with Crippen LogP contribution in [0.25, 0.3) is 11.0 Å². The Morgan fingerprint density at radius 3 is 2.60 bits per heavy atom. The SMILES string of the molecule is Fc1ccc(Cn2c(CCl)nc3ccccc32)cc1F. The number of imidazole rings is 1. The van der Waals surface area contributed by atoms with Gasteiger partial charge in [0.2, 0.25) is 0 Å². The quantitative estimate of drug-likeness (QED) is 0.665. The van der Waals surface area contributed by atoms with E-state index in [9.17, 15) is 8.78 Å². The predicted molar refractivity (Wildman–Crippen MR) is 74.8 cm³/mol. The fourth-order valence-electron chi connectivity index (χ4n) is 2.22. The molecule has 20 heavy (non-hydrogen) atoms. The summed E-state index contributed by atoms with van der Waals surface area (Å²) in [6.45, 7) is 0.403. The number of benzene rings is 2. The molecule has 0 radical (unpaired) electrons. The van der Waals surface area contributed by atoms with Crippen molar-refractivity contribution in [3.05, 3.63) is 65.5 Å². The second-order valence-electron chi connectivity index (χ2n) is 4.48. The lowest BCUT2D eigenvalue weighted by atomic mass is 10.2. The van der Waals surface area contributed by atoms with E-state index >= 15 is 0 Å². The summed E-state index contributed by atoms with van der Waals surface area (Å²) in [5.41, 5.74) is 2.43. The number of nitrogens with zero attached hydrogens (tertiary/aromatic N) is 2. The summed E-state index contributed by atoms with van der Waals surface area (Å²) in [4.78, 5) is 4.43. The smallest absolute Gasteiger partial charge is 0.159 e. The first-order valence-electron chi connectivity index (χ1n) is 6.13. The molecule has 0 bridgehead atoms. The normalized spacial score (nSPS) is 11.2. The third-order valence-corrected chi connectivity index (χ3v) is 3.42. The van der Waals surface area contributed by atoms with E-state index in [-0.39, 0.29) is 5.88 Å². The topological polar surface area (TPSA) is 17.8 Å². The molecule has 0 amide bonds. The van der Waals surface area contributed by atoms with E-state index in [0.717, 1.165) is 17.1 Å². The van der Waals surface area contributed by atoms with Crippen molar-refractivity contribution in [3.63, 3.8) is 0 Å². The van der Waals surface area contributed by atoms with Crippen LogP contribution >= 0.6 is 11.6 Å². The Balaban J connectivity index is 2.07. The van der Waals surface area contributed by atoms with Gasteiger partial charge in [-0.15, -0.1) is 11.6 Å². The zero-order chi connectivity index (χ0) is 14.1. The molecule has 0 N–H and O–H groups in total. The van der Waals surface area contributed by atoms with Gasteiger partial charge in [0.1, 0.15) is 5.82 Å². The Morgan fingerprint density at radius 2 is 1.85 bits per heavy atom. The Hall–Kier alpha value is -1.94. The lowest BCUT2D eigenvalue weighted by molar-refractivity contribution is 0.506. The van der Waals surface area contributed by atoms with Crippen LogP contribution in [0.5, 0.6) is 0 Å². The molecular weight excluding hydrogens is 282 g/mol. The molecule has 2 aromatic carbocycles. The van der Waals surface area contributed by atoms with E-state index in [1.54, 1.807) is 6.07 Å². The molecule has 1 heterocycles. The standard InChI is InChI=1S/C15H11ClF2N2/c16-8-15-19-13-3-1-2-4-14(13)20(15)9-10-5-6-11(17)12(18)7-10/h1-7H,8-9H2. The second-order valence-corrected chi connectivity index (χ2v) is 4.75. The number of alkyl halides is 1. The zero-order valence-electron chi connectivity index (χ0n) is 10.5. The van der Waals surface area contributed by atoms with Crippen molar-refractivity contribution >= 4 is 22.6 Å². The van der Waals surface area contributed by atoms with Crippen LogP contribution in [-0.2, 0) is 12.4 Å². The molecule has 5 heteroatoms. The fraction of sp³-hybridized carbons (Fsp3) is 0.133. The van der Waals surface area contributed by atoms with Crippen molar-refractivity contribution in [2.45, 2.75) is 12.4 Å². The fourth-order valence-corrected chi connectivity index (χ4v) is 2.43. The van der Waals surface area contributed by atoms with Gasteiger partial charge in [0.15, 0.2) is 11.6 Å². The van der Waals surface area contributed by atoms with Crippen LogP contribution in [-0.4, -0.2) is 9.55 Å². The summed E-state index contributed by atoms with van der Waals surface area (Å²) in [7, 11) is 0. The Bertz CT molecular complexity index is 768. The van der Waals surface area contributed by atoms with Crippen LogP contribution < -0.4 is 0 Å². The average Bonchev–Trinajstić information content (AvgIpc) is 2.81. The van der Waals surface area contributed by atoms with Crippen LogP contribution in [0, 0.1) is 11.6 Å². The summed E-state index contributed by atoms with van der Waals surface area (Å²) in [5, 5.41) is 0. The molecular formula is C15H11ClF2N2. The highest BCUT2D eigenvalue weighted by Gasteiger charge is 2.11. The average molecular weight is 293 g/mol. The van der Waals surface area contributed by atoms with Gasteiger partial charge in [-0.1, -0.05) is 18.2 Å². The molecule has 0 aliphatic rings. The predicted octanol–water partition coefficient (Wildman–Crippen LogP) is 4.10.